The van der Waals surface area contributed by atoms with Gasteiger partial charge in [0.25, 0.3) is 0 Å². The third-order valence-electron chi connectivity index (χ3n) is 3.03. The van der Waals surface area contributed by atoms with Crippen LogP contribution in [0.5, 0.6) is 0 Å². The van der Waals surface area contributed by atoms with Gasteiger partial charge in [0.2, 0.25) is 11.8 Å². The average molecular weight is 226 g/mol. The lowest BCUT2D eigenvalue weighted by atomic mass is 10.0. The Kier molecular flexibility index (Phi) is 2.67. The Labute approximate surface area is 92.9 Å². The van der Waals surface area contributed by atoms with E-state index < -0.39 is 17.4 Å². The number of hydrogen-bond donors (Lipinski definition) is 1. The van der Waals surface area contributed by atoms with Crippen LogP contribution in [0.1, 0.15) is 19.3 Å². The lowest BCUT2D eigenvalue weighted by molar-refractivity contribution is -0.144. The number of nitrogens with zero attached hydrogens (tertiary/aromatic N) is 1. The van der Waals surface area contributed by atoms with E-state index in [0.717, 1.165) is 4.90 Å². The van der Waals surface area contributed by atoms with Gasteiger partial charge in [-0.25, -0.2) is 4.79 Å². The van der Waals surface area contributed by atoms with Crippen molar-refractivity contribution in [3.63, 3.8) is 0 Å². The summed E-state index contributed by atoms with van der Waals surface area (Å²) in [5, 5.41) is 2.23. The molecular formula is C10H14N2O4. The fourth-order valence-corrected chi connectivity index (χ4v) is 1.87. The maximum absolute atomic E-state index is 11.9. The minimum absolute atomic E-state index is 0.299. The van der Waals surface area contributed by atoms with Gasteiger partial charge in [0.05, 0.1) is 0 Å². The predicted octanol–water partition coefficient (Wildman–Crippen LogP) is -0.119. The summed E-state index contributed by atoms with van der Waals surface area (Å²) in [6.45, 7) is 0.783. The fraction of sp³-hybridized carbons (Fsp3) is 0.700. The Morgan fingerprint density at radius 3 is 2.62 bits per heavy atom. The third-order valence-corrected chi connectivity index (χ3v) is 3.03. The average Bonchev–Trinajstić information content (AvgIpc) is 3.02. The molecule has 1 spiro atoms. The van der Waals surface area contributed by atoms with Crippen molar-refractivity contribution in [1.29, 1.82) is 0 Å². The number of carbonyl (C=O) groups excluding carboxylic acids is 3. The van der Waals surface area contributed by atoms with Crippen molar-refractivity contribution in [2.75, 3.05) is 20.3 Å². The highest BCUT2D eigenvalue weighted by molar-refractivity contribution is 6.20. The molecule has 0 atom stereocenters. The molecule has 16 heavy (non-hydrogen) atoms. The largest absolute Gasteiger partial charge is 0.385 e. The van der Waals surface area contributed by atoms with Gasteiger partial charge in [0.15, 0.2) is 0 Å². The first kappa shape index (κ1) is 11.1. The molecule has 1 saturated heterocycles. The topological polar surface area (TPSA) is 75.7 Å². The van der Waals surface area contributed by atoms with E-state index in [1.165, 1.54) is 0 Å². The number of barbiturate groups is 1. The molecule has 1 saturated carbocycles. The zero-order chi connectivity index (χ0) is 11.8. The molecule has 1 N–H and O–H groups in total. The van der Waals surface area contributed by atoms with Crippen LogP contribution >= 0.6 is 0 Å². The Balaban J connectivity index is 2.04. The smallest absolute Gasteiger partial charge is 0.330 e. The summed E-state index contributed by atoms with van der Waals surface area (Å²) in [6, 6.07) is -0.608. The van der Waals surface area contributed by atoms with Crippen LogP contribution in [0.15, 0.2) is 0 Å². The van der Waals surface area contributed by atoms with Crippen molar-refractivity contribution in [2.24, 2.45) is 5.41 Å². The summed E-state index contributed by atoms with van der Waals surface area (Å²) in [6.07, 6.45) is 1.68. The standard InChI is InChI=1S/C10H14N2O4/c1-16-6-2-5-12-8(14)10(3-4-10)7(13)11-9(12)15/h2-6H2,1H3,(H,11,13,15). The second-order valence-corrected chi connectivity index (χ2v) is 4.14. The van der Waals surface area contributed by atoms with Crippen molar-refractivity contribution >= 4 is 17.8 Å². The second kappa shape index (κ2) is 3.86. The number of carbonyl (C=O) groups is 3. The number of nitrogens with one attached hydrogen (secondary N) is 1. The molecule has 0 radical (unpaired) electrons. The molecule has 2 rings (SSSR count). The molecule has 0 bridgehead atoms. The van der Waals surface area contributed by atoms with E-state index in [2.05, 4.69) is 5.32 Å². The zero-order valence-corrected chi connectivity index (χ0v) is 9.12. The lowest BCUT2D eigenvalue weighted by Crippen LogP contribution is -2.59. The van der Waals surface area contributed by atoms with Gasteiger partial charge in [-0.3, -0.25) is 19.8 Å². The van der Waals surface area contributed by atoms with E-state index in [0.29, 0.717) is 32.4 Å². The van der Waals surface area contributed by atoms with E-state index in [1.807, 2.05) is 0 Å². The molecule has 1 aliphatic carbocycles. The minimum atomic E-state index is -0.930. The molecule has 6 heteroatoms. The summed E-state index contributed by atoms with van der Waals surface area (Å²) in [5.74, 6) is -0.789. The number of methoxy groups -OCH3 is 1. The molecule has 0 aromatic rings. The van der Waals surface area contributed by atoms with Gasteiger partial charge in [0.1, 0.15) is 5.41 Å². The molecule has 6 nitrogen and oxygen atoms in total. The first-order valence-electron chi connectivity index (χ1n) is 5.28. The van der Waals surface area contributed by atoms with E-state index in [9.17, 15) is 14.4 Å². The van der Waals surface area contributed by atoms with Crippen LogP contribution < -0.4 is 5.32 Å². The Bertz CT molecular complexity index is 349. The number of hydrogen-bond acceptors (Lipinski definition) is 4. The molecule has 2 aliphatic rings. The van der Waals surface area contributed by atoms with Gasteiger partial charge in [0, 0.05) is 20.3 Å². The molecular weight excluding hydrogens is 212 g/mol. The highest BCUT2D eigenvalue weighted by Crippen LogP contribution is 2.48. The first-order chi connectivity index (χ1) is 7.62. The van der Waals surface area contributed by atoms with Crippen LogP contribution in [-0.2, 0) is 14.3 Å². The second-order valence-electron chi connectivity index (χ2n) is 4.14. The fourth-order valence-electron chi connectivity index (χ4n) is 1.87. The Morgan fingerprint density at radius 1 is 1.38 bits per heavy atom. The zero-order valence-electron chi connectivity index (χ0n) is 9.12. The van der Waals surface area contributed by atoms with Crippen LogP contribution in [-0.4, -0.2) is 43.0 Å². The molecule has 0 unspecified atom stereocenters. The number of urea groups is 1. The van der Waals surface area contributed by atoms with Gasteiger partial charge < -0.3 is 4.74 Å². The van der Waals surface area contributed by atoms with Crippen LogP contribution in [0, 0.1) is 5.41 Å². The summed E-state index contributed by atoms with van der Waals surface area (Å²) in [7, 11) is 1.56. The summed E-state index contributed by atoms with van der Waals surface area (Å²) in [5.41, 5.74) is -0.930. The van der Waals surface area contributed by atoms with E-state index in [4.69, 9.17) is 4.74 Å². The lowest BCUT2D eigenvalue weighted by Gasteiger charge is -2.30. The van der Waals surface area contributed by atoms with Crippen molar-refractivity contribution < 1.29 is 19.1 Å². The summed E-state index contributed by atoms with van der Waals surface area (Å²) in [4.78, 5) is 36.0. The van der Waals surface area contributed by atoms with Crippen LogP contribution in [0.2, 0.25) is 0 Å². The van der Waals surface area contributed by atoms with Gasteiger partial charge in [-0.15, -0.1) is 0 Å². The van der Waals surface area contributed by atoms with Crippen molar-refractivity contribution in [3.05, 3.63) is 0 Å². The maximum atomic E-state index is 11.9. The number of ether oxygens (including phenoxy) is 1. The van der Waals surface area contributed by atoms with Crippen LogP contribution in [0.4, 0.5) is 4.79 Å². The quantitative estimate of drug-likeness (QED) is 0.535. The first-order valence-corrected chi connectivity index (χ1v) is 5.28. The molecule has 0 aromatic heterocycles. The monoisotopic (exact) mass is 226 g/mol. The van der Waals surface area contributed by atoms with Crippen LogP contribution in [0.3, 0.4) is 0 Å². The normalized spacial score (nSPS) is 22.6. The molecule has 88 valence electrons. The Hall–Kier alpha value is -1.43. The summed E-state index contributed by atoms with van der Waals surface area (Å²) >= 11 is 0. The number of rotatable bonds is 4. The minimum Gasteiger partial charge on any atom is -0.385 e. The number of amides is 4. The predicted molar refractivity (Wildman–Crippen MR) is 53.4 cm³/mol. The van der Waals surface area contributed by atoms with Gasteiger partial charge in [-0.2, -0.15) is 0 Å². The molecule has 1 aliphatic heterocycles. The van der Waals surface area contributed by atoms with E-state index >= 15 is 0 Å². The van der Waals surface area contributed by atoms with Crippen molar-refractivity contribution in [2.45, 2.75) is 19.3 Å². The third kappa shape index (κ3) is 1.59. The molecule has 1 heterocycles. The van der Waals surface area contributed by atoms with E-state index in [-0.39, 0.29) is 5.91 Å². The van der Waals surface area contributed by atoms with Gasteiger partial charge in [-0.1, -0.05) is 0 Å². The molecule has 2 fully saturated rings. The maximum Gasteiger partial charge on any atom is 0.330 e. The van der Waals surface area contributed by atoms with Crippen LogP contribution in [0.25, 0.3) is 0 Å². The SMILES string of the molecule is COCCCN1C(=O)NC(=O)C2(CC2)C1=O. The Morgan fingerprint density at radius 2 is 2.06 bits per heavy atom. The van der Waals surface area contributed by atoms with Gasteiger partial charge >= 0.3 is 6.03 Å². The highest BCUT2D eigenvalue weighted by atomic mass is 16.5. The van der Waals surface area contributed by atoms with Crippen molar-refractivity contribution in [3.8, 4) is 0 Å². The van der Waals surface area contributed by atoms with E-state index in [1.54, 1.807) is 7.11 Å². The summed E-state index contributed by atoms with van der Waals surface area (Å²) < 4.78 is 4.86. The van der Waals surface area contributed by atoms with Gasteiger partial charge in [-0.05, 0) is 19.3 Å². The highest BCUT2D eigenvalue weighted by Gasteiger charge is 2.61. The molecule has 0 aromatic carbocycles. The van der Waals surface area contributed by atoms with Crippen molar-refractivity contribution in [1.82, 2.24) is 10.2 Å². The molecule has 4 amide bonds. The number of imide groups is 2.